The average Bonchev–Trinajstić information content (AvgIpc) is 2.78. The van der Waals surface area contributed by atoms with Gasteiger partial charge in [0.2, 0.25) is 0 Å². The third-order valence-electron chi connectivity index (χ3n) is 4.40. The number of hydrogen-bond acceptors (Lipinski definition) is 5. The van der Waals surface area contributed by atoms with Crippen LogP contribution in [0.25, 0.3) is 0 Å². The summed E-state index contributed by atoms with van der Waals surface area (Å²) in [5, 5.41) is 17.2. The van der Waals surface area contributed by atoms with Gasteiger partial charge >= 0.3 is 0 Å². The van der Waals surface area contributed by atoms with E-state index in [1.165, 1.54) is 19.3 Å². The molecule has 0 aromatic carbocycles. The second-order valence-corrected chi connectivity index (χ2v) is 6.22. The summed E-state index contributed by atoms with van der Waals surface area (Å²) in [5.74, 6) is 1.45. The summed E-state index contributed by atoms with van der Waals surface area (Å²) in [7, 11) is 0. The summed E-state index contributed by atoms with van der Waals surface area (Å²) in [6.45, 7) is 7.66. The summed E-state index contributed by atoms with van der Waals surface area (Å²) in [5.41, 5.74) is 1.98. The molecule has 1 aliphatic rings. The van der Waals surface area contributed by atoms with Crippen LogP contribution in [0, 0.1) is 19.8 Å². The molecule has 5 heteroatoms. The fraction of sp³-hybridized carbons (Fsp3) is 0.812. The molecule has 3 unspecified atom stereocenters. The number of nitrogens with zero attached hydrogens (tertiary/aromatic N) is 1. The van der Waals surface area contributed by atoms with Crippen molar-refractivity contribution in [2.75, 3.05) is 13.2 Å². The largest absolute Gasteiger partial charge is 0.389 e. The third-order valence-corrected chi connectivity index (χ3v) is 4.40. The highest BCUT2D eigenvalue weighted by molar-refractivity contribution is 5.20. The molecule has 1 aromatic heterocycles. The Bertz CT molecular complexity index is 414. The SMILES string of the molecule is Cc1noc(C)c1CNCC(O)COC1CCCCC1C. The monoisotopic (exact) mass is 296 g/mol. The predicted octanol–water partition coefficient (Wildman–Crippen LogP) is 2.34. The van der Waals surface area contributed by atoms with Crippen LogP contribution in [0.15, 0.2) is 4.52 Å². The maximum absolute atomic E-state index is 10.0. The zero-order valence-electron chi connectivity index (χ0n) is 13.4. The molecule has 0 radical (unpaired) electrons. The zero-order valence-corrected chi connectivity index (χ0v) is 13.4. The van der Waals surface area contributed by atoms with Crippen molar-refractivity contribution >= 4 is 0 Å². The van der Waals surface area contributed by atoms with Gasteiger partial charge in [-0.05, 0) is 32.6 Å². The van der Waals surface area contributed by atoms with Crippen molar-refractivity contribution in [1.29, 1.82) is 0 Å². The molecule has 0 bridgehead atoms. The normalized spacial score (nSPS) is 24.2. The van der Waals surface area contributed by atoms with Gasteiger partial charge in [-0.25, -0.2) is 0 Å². The summed E-state index contributed by atoms with van der Waals surface area (Å²) in [6, 6.07) is 0. The highest BCUT2D eigenvalue weighted by Gasteiger charge is 2.22. The molecule has 2 N–H and O–H groups in total. The average molecular weight is 296 g/mol. The van der Waals surface area contributed by atoms with Crippen molar-refractivity contribution < 1.29 is 14.4 Å². The number of nitrogens with one attached hydrogen (secondary N) is 1. The predicted molar refractivity (Wildman–Crippen MR) is 81.1 cm³/mol. The first-order valence-electron chi connectivity index (χ1n) is 8.00. The highest BCUT2D eigenvalue weighted by atomic mass is 16.5. The molecule has 0 saturated heterocycles. The van der Waals surface area contributed by atoms with Crippen LogP contribution in [0.2, 0.25) is 0 Å². The van der Waals surface area contributed by atoms with Crippen LogP contribution >= 0.6 is 0 Å². The Balaban J connectivity index is 1.64. The van der Waals surface area contributed by atoms with Crippen molar-refractivity contribution in [3.63, 3.8) is 0 Å². The van der Waals surface area contributed by atoms with Crippen molar-refractivity contribution in [2.24, 2.45) is 5.92 Å². The van der Waals surface area contributed by atoms with E-state index in [0.29, 0.717) is 31.7 Å². The minimum atomic E-state index is -0.473. The van der Waals surface area contributed by atoms with Crippen LogP contribution in [0.5, 0.6) is 0 Å². The molecule has 0 amide bonds. The van der Waals surface area contributed by atoms with Crippen LogP contribution in [-0.4, -0.2) is 35.6 Å². The standard InChI is InChI=1S/C16H28N2O3/c1-11-6-4-5-7-16(11)20-10-14(19)8-17-9-15-12(2)18-21-13(15)3/h11,14,16-17,19H,4-10H2,1-3H3. The van der Waals surface area contributed by atoms with E-state index in [0.717, 1.165) is 23.4 Å². The number of ether oxygens (including phenoxy) is 1. The number of aliphatic hydroxyl groups is 1. The fourth-order valence-corrected chi connectivity index (χ4v) is 2.94. The van der Waals surface area contributed by atoms with Gasteiger partial charge in [0.15, 0.2) is 0 Å². The first kappa shape index (κ1) is 16.5. The van der Waals surface area contributed by atoms with Gasteiger partial charge in [-0.1, -0.05) is 24.9 Å². The van der Waals surface area contributed by atoms with Crippen LogP contribution in [0.4, 0.5) is 0 Å². The van der Waals surface area contributed by atoms with E-state index in [1.807, 2.05) is 13.8 Å². The molecule has 120 valence electrons. The van der Waals surface area contributed by atoms with Gasteiger partial charge in [-0.3, -0.25) is 0 Å². The molecular formula is C16H28N2O3. The van der Waals surface area contributed by atoms with Gasteiger partial charge in [0.25, 0.3) is 0 Å². The van der Waals surface area contributed by atoms with E-state index in [4.69, 9.17) is 9.26 Å². The molecule has 2 rings (SSSR count). The van der Waals surface area contributed by atoms with Crippen LogP contribution < -0.4 is 5.32 Å². The van der Waals surface area contributed by atoms with Gasteiger partial charge in [0.1, 0.15) is 5.76 Å². The van der Waals surface area contributed by atoms with Gasteiger partial charge in [0.05, 0.1) is 24.5 Å². The maximum atomic E-state index is 10.0. The van der Waals surface area contributed by atoms with Gasteiger partial charge in [-0.2, -0.15) is 0 Å². The smallest absolute Gasteiger partial charge is 0.138 e. The number of aliphatic hydroxyl groups excluding tert-OH is 1. The first-order chi connectivity index (χ1) is 10.1. The summed E-state index contributed by atoms with van der Waals surface area (Å²) in [6.07, 6.45) is 4.76. The fourth-order valence-electron chi connectivity index (χ4n) is 2.94. The van der Waals surface area contributed by atoms with Gasteiger partial charge in [-0.15, -0.1) is 0 Å². The van der Waals surface area contributed by atoms with Crippen molar-refractivity contribution in [1.82, 2.24) is 10.5 Å². The van der Waals surface area contributed by atoms with E-state index in [9.17, 15) is 5.11 Å². The van der Waals surface area contributed by atoms with Crippen LogP contribution in [0.3, 0.4) is 0 Å². The Morgan fingerprint density at radius 3 is 2.81 bits per heavy atom. The minimum Gasteiger partial charge on any atom is -0.389 e. The summed E-state index contributed by atoms with van der Waals surface area (Å²) in [4.78, 5) is 0. The lowest BCUT2D eigenvalue weighted by molar-refractivity contribution is -0.0452. The van der Waals surface area contributed by atoms with E-state index < -0.39 is 6.10 Å². The Morgan fingerprint density at radius 1 is 1.38 bits per heavy atom. The molecule has 1 fully saturated rings. The Kier molecular flexibility index (Phi) is 6.21. The van der Waals surface area contributed by atoms with Crippen LogP contribution in [0.1, 0.15) is 49.6 Å². The molecule has 21 heavy (non-hydrogen) atoms. The molecule has 0 spiro atoms. The lowest BCUT2D eigenvalue weighted by atomic mass is 9.88. The minimum absolute atomic E-state index is 0.316. The van der Waals surface area contributed by atoms with Gasteiger partial charge < -0.3 is 19.7 Å². The van der Waals surface area contributed by atoms with Crippen molar-refractivity contribution in [3.05, 3.63) is 17.0 Å². The molecule has 0 aliphatic heterocycles. The molecule has 1 heterocycles. The lowest BCUT2D eigenvalue weighted by Gasteiger charge is -2.29. The first-order valence-corrected chi connectivity index (χ1v) is 8.00. The van der Waals surface area contributed by atoms with Gasteiger partial charge in [0, 0.05) is 18.7 Å². The Labute approximate surface area is 127 Å². The molecule has 1 aliphatic carbocycles. The number of aromatic nitrogens is 1. The Hall–Kier alpha value is -0.910. The molecule has 1 aromatic rings. The van der Waals surface area contributed by atoms with Crippen LogP contribution in [-0.2, 0) is 11.3 Å². The topological polar surface area (TPSA) is 67.5 Å². The van der Waals surface area contributed by atoms with Crippen molar-refractivity contribution in [2.45, 2.75) is 65.2 Å². The van der Waals surface area contributed by atoms with E-state index in [2.05, 4.69) is 17.4 Å². The number of rotatable bonds is 7. The molecule has 5 nitrogen and oxygen atoms in total. The summed E-state index contributed by atoms with van der Waals surface area (Å²) < 4.78 is 11.0. The third kappa shape index (κ3) is 4.80. The number of hydrogen-bond donors (Lipinski definition) is 2. The van der Waals surface area contributed by atoms with E-state index >= 15 is 0 Å². The Morgan fingerprint density at radius 2 is 2.14 bits per heavy atom. The van der Waals surface area contributed by atoms with E-state index in [1.54, 1.807) is 0 Å². The lowest BCUT2D eigenvalue weighted by Crippen LogP contribution is -2.34. The highest BCUT2D eigenvalue weighted by Crippen LogP contribution is 2.26. The van der Waals surface area contributed by atoms with Crippen molar-refractivity contribution in [3.8, 4) is 0 Å². The summed E-state index contributed by atoms with van der Waals surface area (Å²) >= 11 is 0. The second-order valence-electron chi connectivity index (χ2n) is 6.22. The second kappa shape index (κ2) is 7.92. The maximum Gasteiger partial charge on any atom is 0.138 e. The van der Waals surface area contributed by atoms with E-state index in [-0.39, 0.29) is 0 Å². The quantitative estimate of drug-likeness (QED) is 0.808. The molecule has 1 saturated carbocycles. The zero-order chi connectivity index (χ0) is 15.2. The molecular weight excluding hydrogens is 268 g/mol. The number of aryl methyl sites for hydroxylation is 2. The molecule has 3 atom stereocenters.